The molecule has 0 aliphatic carbocycles. The Morgan fingerprint density at radius 2 is 1.81 bits per heavy atom. The number of hydrogen-bond donors (Lipinski definition) is 2. The first-order chi connectivity index (χ1) is 15.0. The number of amides is 1. The fourth-order valence-corrected chi connectivity index (χ4v) is 3.11. The van der Waals surface area contributed by atoms with Crippen molar-refractivity contribution in [2.75, 3.05) is 17.2 Å². The molecule has 0 aliphatic rings. The Kier molecular flexibility index (Phi) is 7.43. The Balaban J connectivity index is 1.67. The summed E-state index contributed by atoms with van der Waals surface area (Å²) in [6.45, 7) is 7.72. The summed E-state index contributed by atoms with van der Waals surface area (Å²) >= 11 is 0. The van der Waals surface area contributed by atoms with Gasteiger partial charge in [0.1, 0.15) is 11.6 Å². The Morgan fingerprint density at radius 3 is 2.42 bits per heavy atom. The van der Waals surface area contributed by atoms with E-state index >= 15 is 0 Å². The minimum Gasteiger partial charge on any atom is -0.494 e. The molecular weight excluding hydrogens is 390 g/mol. The number of hydrogen-bond acceptors (Lipinski definition) is 6. The number of benzene rings is 2. The average molecular weight is 420 g/mol. The fraction of sp³-hybridized carbons (Fsp3) is 0.292. The van der Waals surface area contributed by atoms with E-state index in [1.54, 1.807) is 0 Å². The van der Waals surface area contributed by atoms with Gasteiger partial charge in [0.25, 0.3) is 5.91 Å². The summed E-state index contributed by atoms with van der Waals surface area (Å²) in [6.07, 6.45) is 1.49. The number of nitrogens with two attached hydrogens (primary N) is 1. The lowest BCUT2D eigenvalue weighted by atomic mass is 10.2. The van der Waals surface area contributed by atoms with Gasteiger partial charge in [0.05, 0.1) is 12.2 Å². The maximum absolute atomic E-state index is 12.6. The molecular formula is C24H29N5O2. The second-order valence-electron chi connectivity index (χ2n) is 7.44. The van der Waals surface area contributed by atoms with Crippen LogP contribution < -0.4 is 20.7 Å². The Bertz CT molecular complexity index is 991. The summed E-state index contributed by atoms with van der Waals surface area (Å²) in [4.78, 5) is 23.5. The molecule has 0 saturated carbocycles. The molecule has 0 spiro atoms. The van der Waals surface area contributed by atoms with Crippen LogP contribution >= 0.6 is 0 Å². The molecule has 1 aromatic heterocycles. The number of nitrogens with one attached hydrogen (secondary N) is 1. The summed E-state index contributed by atoms with van der Waals surface area (Å²) in [5.74, 6) is 1.15. The Labute approximate surface area is 183 Å². The van der Waals surface area contributed by atoms with Gasteiger partial charge >= 0.3 is 0 Å². The van der Waals surface area contributed by atoms with E-state index in [0.717, 1.165) is 16.9 Å². The van der Waals surface area contributed by atoms with Gasteiger partial charge in [0.15, 0.2) is 0 Å². The van der Waals surface area contributed by atoms with Crippen LogP contribution in [0.15, 0.2) is 60.8 Å². The minimum absolute atomic E-state index is 0.160. The molecule has 0 atom stereocenters. The topological polar surface area (TPSA) is 93.4 Å². The number of nitrogen functional groups attached to an aromatic ring is 1. The molecule has 0 aliphatic heterocycles. The fourth-order valence-electron chi connectivity index (χ4n) is 3.11. The maximum Gasteiger partial charge on any atom is 0.256 e. The number of ether oxygens (including phenoxy) is 1. The second kappa shape index (κ2) is 10.4. The largest absolute Gasteiger partial charge is 0.494 e. The number of anilines is 2. The van der Waals surface area contributed by atoms with E-state index in [-0.39, 0.29) is 23.3 Å². The maximum atomic E-state index is 12.6. The monoisotopic (exact) mass is 419 g/mol. The molecule has 3 rings (SSSR count). The van der Waals surface area contributed by atoms with Crippen LogP contribution in [-0.2, 0) is 13.1 Å². The van der Waals surface area contributed by atoms with Crippen molar-refractivity contribution in [3.05, 3.63) is 77.5 Å². The van der Waals surface area contributed by atoms with E-state index < -0.39 is 0 Å². The first-order valence-electron chi connectivity index (χ1n) is 10.4. The number of nitrogens with zero attached hydrogens (tertiary/aromatic N) is 3. The summed E-state index contributed by atoms with van der Waals surface area (Å²) in [6, 6.07) is 17.9. The molecule has 7 heteroatoms. The zero-order valence-corrected chi connectivity index (χ0v) is 18.2. The highest BCUT2D eigenvalue weighted by molar-refractivity contribution is 5.98. The molecule has 162 valence electrons. The molecule has 1 heterocycles. The van der Waals surface area contributed by atoms with Gasteiger partial charge in [0.2, 0.25) is 5.95 Å². The number of aromatic nitrogens is 2. The summed E-state index contributed by atoms with van der Waals surface area (Å²) in [7, 11) is 0. The molecule has 1 amide bonds. The van der Waals surface area contributed by atoms with Gasteiger partial charge in [-0.1, -0.05) is 42.5 Å². The van der Waals surface area contributed by atoms with E-state index in [1.165, 1.54) is 6.20 Å². The highest BCUT2D eigenvalue weighted by Crippen LogP contribution is 2.19. The first kappa shape index (κ1) is 22.1. The van der Waals surface area contributed by atoms with Gasteiger partial charge in [0, 0.05) is 25.3 Å². The lowest BCUT2D eigenvalue weighted by molar-refractivity contribution is 0.0951. The van der Waals surface area contributed by atoms with Gasteiger partial charge in [-0.05, 0) is 44.0 Å². The van der Waals surface area contributed by atoms with Gasteiger partial charge in [-0.15, -0.1) is 0 Å². The highest BCUT2D eigenvalue weighted by atomic mass is 16.5. The lowest BCUT2D eigenvalue weighted by Crippen LogP contribution is -2.32. The van der Waals surface area contributed by atoms with Crippen LogP contribution in [0.2, 0.25) is 0 Å². The number of rotatable bonds is 9. The van der Waals surface area contributed by atoms with Crippen molar-refractivity contribution >= 4 is 17.7 Å². The molecule has 0 fully saturated rings. The van der Waals surface area contributed by atoms with Crippen molar-refractivity contribution in [1.82, 2.24) is 15.3 Å². The number of carbonyl (C=O) groups excluding carboxylic acids is 1. The molecule has 31 heavy (non-hydrogen) atoms. The summed E-state index contributed by atoms with van der Waals surface area (Å²) < 4.78 is 5.43. The molecule has 0 unspecified atom stereocenters. The van der Waals surface area contributed by atoms with Crippen LogP contribution in [0.3, 0.4) is 0 Å². The summed E-state index contributed by atoms with van der Waals surface area (Å²) in [5.41, 5.74) is 8.49. The average Bonchev–Trinajstić information content (AvgIpc) is 2.77. The molecule has 0 bridgehead atoms. The zero-order valence-electron chi connectivity index (χ0n) is 18.2. The van der Waals surface area contributed by atoms with Gasteiger partial charge in [-0.25, -0.2) is 4.98 Å². The van der Waals surface area contributed by atoms with E-state index in [1.807, 2.05) is 54.3 Å². The molecule has 7 nitrogen and oxygen atoms in total. The van der Waals surface area contributed by atoms with Crippen LogP contribution in [0.4, 0.5) is 11.8 Å². The minimum atomic E-state index is -0.308. The SMILES string of the molecule is CCOc1ccc(CNC(=O)c2cnc(N(Cc3ccccc3)C(C)C)nc2N)cc1. The number of carbonyl (C=O) groups is 1. The van der Waals surface area contributed by atoms with Crippen LogP contribution in [0.25, 0.3) is 0 Å². The first-order valence-corrected chi connectivity index (χ1v) is 10.4. The third-order valence-corrected chi connectivity index (χ3v) is 4.81. The normalized spacial score (nSPS) is 10.7. The van der Waals surface area contributed by atoms with E-state index in [4.69, 9.17) is 10.5 Å². The molecule has 3 aromatic rings. The predicted molar refractivity (Wildman–Crippen MR) is 123 cm³/mol. The van der Waals surface area contributed by atoms with Gasteiger partial charge < -0.3 is 20.7 Å². The van der Waals surface area contributed by atoms with Crippen molar-refractivity contribution in [3.63, 3.8) is 0 Å². The molecule has 0 radical (unpaired) electrons. The molecule has 0 saturated heterocycles. The Hall–Kier alpha value is -3.61. The predicted octanol–water partition coefficient (Wildman–Crippen LogP) is 3.80. The zero-order chi connectivity index (χ0) is 22.2. The van der Waals surface area contributed by atoms with Crippen LogP contribution in [0.1, 0.15) is 42.3 Å². The van der Waals surface area contributed by atoms with Crippen LogP contribution in [0.5, 0.6) is 5.75 Å². The van der Waals surface area contributed by atoms with Crippen molar-refractivity contribution in [2.24, 2.45) is 0 Å². The Morgan fingerprint density at radius 1 is 1.10 bits per heavy atom. The second-order valence-corrected chi connectivity index (χ2v) is 7.44. The van der Waals surface area contributed by atoms with Crippen molar-refractivity contribution < 1.29 is 9.53 Å². The summed E-state index contributed by atoms with van der Waals surface area (Å²) in [5, 5.41) is 2.87. The quantitative estimate of drug-likeness (QED) is 0.548. The van der Waals surface area contributed by atoms with E-state index in [9.17, 15) is 4.79 Å². The standard InChI is InChI=1S/C24H29N5O2/c1-4-31-20-12-10-18(11-13-20)14-26-23(30)21-15-27-24(28-22(21)25)29(17(2)3)16-19-8-6-5-7-9-19/h5-13,15,17H,4,14,16H2,1-3H3,(H,26,30)(H2,25,27,28). The van der Waals surface area contributed by atoms with E-state index in [2.05, 4.69) is 41.3 Å². The van der Waals surface area contributed by atoms with Crippen molar-refractivity contribution in [2.45, 2.75) is 39.9 Å². The smallest absolute Gasteiger partial charge is 0.256 e. The van der Waals surface area contributed by atoms with Gasteiger partial charge in [-0.3, -0.25) is 4.79 Å². The third-order valence-electron chi connectivity index (χ3n) is 4.81. The van der Waals surface area contributed by atoms with Crippen LogP contribution in [0, 0.1) is 0 Å². The van der Waals surface area contributed by atoms with Crippen molar-refractivity contribution in [1.29, 1.82) is 0 Å². The molecule has 2 aromatic carbocycles. The van der Waals surface area contributed by atoms with Gasteiger partial charge in [-0.2, -0.15) is 4.98 Å². The van der Waals surface area contributed by atoms with E-state index in [0.29, 0.717) is 25.6 Å². The lowest BCUT2D eigenvalue weighted by Gasteiger charge is -2.27. The van der Waals surface area contributed by atoms with Crippen molar-refractivity contribution in [3.8, 4) is 5.75 Å². The van der Waals surface area contributed by atoms with Crippen LogP contribution in [-0.4, -0.2) is 28.5 Å². The third kappa shape index (κ3) is 5.94. The molecule has 3 N–H and O–H groups in total. The highest BCUT2D eigenvalue weighted by Gasteiger charge is 2.18.